The van der Waals surface area contributed by atoms with Crippen molar-refractivity contribution in [1.29, 1.82) is 0 Å². The van der Waals surface area contributed by atoms with Gasteiger partial charge in [0.2, 0.25) is 5.91 Å². The van der Waals surface area contributed by atoms with E-state index in [0.717, 1.165) is 36.6 Å². The Morgan fingerprint density at radius 2 is 1.87 bits per heavy atom. The van der Waals surface area contributed by atoms with Gasteiger partial charge in [0.05, 0.1) is 6.10 Å². The fourth-order valence-corrected chi connectivity index (χ4v) is 2.98. The summed E-state index contributed by atoms with van der Waals surface area (Å²) in [5.41, 5.74) is 3.09. The van der Waals surface area contributed by atoms with Crippen LogP contribution in [0, 0.1) is 0 Å². The number of hydrogen-bond acceptors (Lipinski definition) is 3. The summed E-state index contributed by atoms with van der Waals surface area (Å²) in [4.78, 5) is 16.0. The summed E-state index contributed by atoms with van der Waals surface area (Å²) in [5, 5.41) is 9.54. The summed E-state index contributed by atoms with van der Waals surface area (Å²) < 4.78 is 5.90. The highest BCUT2D eigenvalue weighted by Crippen LogP contribution is 2.15. The molecule has 0 aliphatic rings. The molecule has 0 aliphatic heterocycles. The molecule has 0 aliphatic carbocycles. The van der Waals surface area contributed by atoms with Gasteiger partial charge in [-0.1, -0.05) is 49.4 Å². The summed E-state index contributed by atoms with van der Waals surface area (Å²) in [6.45, 7) is 6.14. The van der Waals surface area contributed by atoms with Crippen LogP contribution in [0.5, 0.6) is 0 Å². The molecule has 2 rings (SSSR count). The van der Waals surface area contributed by atoms with E-state index in [9.17, 15) is 4.79 Å². The smallest absolute Gasteiger partial charge is 0.224 e. The molecule has 1 atom stereocenters. The summed E-state index contributed by atoms with van der Waals surface area (Å²) >= 11 is 0. The molecular weight excluding hydrogens is 503 g/mol. The standard InChI is InChI=1S/C24H34N4O2.HI/c1-4-10-23(29)28-22-14-8-11-20(17-22)18-27-24(25-3)26-15-9-16-30-19(2)21-12-6-5-7-13-21;/h5-8,11-14,17,19H,4,9-10,15-16,18H2,1-3H3,(H,28,29)(H2,25,26,27);1H. The fourth-order valence-electron chi connectivity index (χ4n) is 2.98. The Balaban J connectivity index is 0.00000480. The molecule has 2 aromatic carbocycles. The van der Waals surface area contributed by atoms with Gasteiger partial charge in [-0.15, -0.1) is 24.0 Å². The normalized spacial score (nSPS) is 11.9. The molecule has 3 N–H and O–H groups in total. The Kier molecular flexibility index (Phi) is 13.6. The van der Waals surface area contributed by atoms with E-state index >= 15 is 0 Å². The first-order valence-corrected chi connectivity index (χ1v) is 10.6. The van der Waals surface area contributed by atoms with Crippen LogP contribution in [0.1, 0.15) is 50.3 Å². The van der Waals surface area contributed by atoms with Gasteiger partial charge in [-0.2, -0.15) is 0 Å². The summed E-state index contributed by atoms with van der Waals surface area (Å²) in [6.07, 6.45) is 2.35. The van der Waals surface area contributed by atoms with Crippen LogP contribution < -0.4 is 16.0 Å². The zero-order valence-corrected chi connectivity index (χ0v) is 21.0. The minimum Gasteiger partial charge on any atom is -0.374 e. The average molecular weight is 538 g/mol. The maximum Gasteiger partial charge on any atom is 0.224 e. The lowest BCUT2D eigenvalue weighted by molar-refractivity contribution is -0.116. The van der Waals surface area contributed by atoms with E-state index < -0.39 is 0 Å². The number of ether oxygens (including phenoxy) is 1. The predicted octanol–water partition coefficient (Wildman–Crippen LogP) is 4.88. The largest absolute Gasteiger partial charge is 0.374 e. The van der Waals surface area contributed by atoms with Gasteiger partial charge in [-0.3, -0.25) is 9.79 Å². The van der Waals surface area contributed by atoms with Crippen LogP contribution in [0.25, 0.3) is 0 Å². The Morgan fingerprint density at radius 3 is 2.58 bits per heavy atom. The first kappa shape index (κ1) is 26.9. The third kappa shape index (κ3) is 10.6. The van der Waals surface area contributed by atoms with Gasteiger partial charge in [0.25, 0.3) is 0 Å². The summed E-state index contributed by atoms with van der Waals surface area (Å²) in [7, 11) is 1.75. The second-order valence-electron chi connectivity index (χ2n) is 7.13. The van der Waals surface area contributed by atoms with E-state index in [-0.39, 0.29) is 36.0 Å². The zero-order valence-electron chi connectivity index (χ0n) is 18.7. The van der Waals surface area contributed by atoms with E-state index in [1.54, 1.807) is 7.05 Å². The van der Waals surface area contributed by atoms with Gasteiger partial charge in [0, 0.05) is 38.9 Å². The highest BCUT2D eigenvalue weighted by Gasteiger charge is 2.05. The molecule has 2 aromatic rings. The number of hydrogen-bond donors (Lipinski definition) is 3. The summed E-state index contributed by atoms with van der Waals surface area (Å²) in [5.74, 6) is 0.787. The van der Waals surface area contributed by atoms with Crippen molar-refractivity contribution >= 4 is 41.5 Å². The molecule has 0 heterocycles. The van der Waals surface area contributed by atoms with Gasteiger partial charge in [-0.05, 0) is 43.0 Å². The van der Waals surface area contributed by atoms with Gasteiger partial charge in [0.15, 0.2) is 5.96 Å². The maximum absolute atomic E-state index is 11.8. The predicted molar refractivity (Wildman–Crippen MR) is 139 cm³/mol. The SMILES string of the molecule is CCCC(=O)Nc1cccc(CNC(=NC)NCCCOC(C)c2ccccc2)c1.I. The average Bonchev–Trinajstić information content (AvgIpc) is 2.76. The van der Waals surface area contributed by atoms with Crippen molar-refractivity contribution in [3.8, 4) is 0 Å². The van der Waals surface area contributed by atoms with E-state index in [1.807, 2.05) is 49.4 Å². The molecule has 0 aromatic heterocycles. The van der Waals surface area contributed by atoms with Crippen LogP contribution in [0.4, 0.5) is 5.69 Å². The lowest BCUT2D eigenvalue weighted by Gasteiger charge is -2.15. The Labute approximate surface area is 203 Å². The van der Waals surface area contributed by atoms with E-state index in [0.29, 0.717) is 19.6 Å². The van der Waals surface area contributed by atoms with Gasteiger partial charge in [-0.25, -0.2) is 0 Å². The lowest BCUT2D eigenvalue weighted by atomic mass is 10.1. The molecule has 7 heteroatoms. The van der Waals surface area contributed by atoms with Crippen molar-refractivity contribution in [2.45, 2.75) is 45.8 Å². The van der Waals surface area contributed by atoms with E-state index in [4.69, 9.17) is 4.74 Å². The fraction of sp³-hybridized carbons (Fsp3) is 0.417. The Morgan fingerprint density at radius 1 is 1.10 bits per heavy atom. The number of guanidine groups is 1. The molecular formula is C24H35IN4O2. The molecule has 0 saturated carbocycles. The number of carbonyl (C=O) groups excluding carboxylic acids is 1. The van der Waals surface area contributed by atoms with Gasteiger partial charge in [0.1, 0.15) is 0 Å². The first-order chi connectivity index (χ1) is 14.6. The zero-order chi connectivity index (χ0) is 21.6. The number of halogens is 1. The number of anilines is 1. The number of aliphatic imine (C=N–C) groups is 1. The monoisotopic (exact) mass is 538 g/mol. The molecule has 0 fully saturated rings. The van der Waals surface area contributed by atoms with Crippen molar-refractivity contribution in [2.75, 3.05) is 25.5 Å². The molecule has 170 valence electrons. The first-order valence-electron chi connectivity index (χ1n) is 10.6. The van der Waals surface area contributed by atoms with E-state index in [2.05, 4.69) is 40.0 Å². The topological polar surface area (TPSA) is 74.8 Å². The van der Waals surface area contributed by atoms with Crippen LogP contribution in [0.2, 0.25) is 0 Å². The second-order valence-corrected chi connectivity index (χ2v) is 7.13. The number of nitrogens with zero attached hydrogens (tertiary/aromatic N) is 1. The number of nitrogens with one attached hydrogen (secondary N) is 3. The van der Waals surface area contributed by atoms with Crippen LogP contribution in [-0.4, -0.2) is 32.1 Å². The molecule has 0 saturated heterocycles. The summed E-state index contributed by atoms with van der Waals surface area (Å²) in [6, 6.07) is 18.1. The van der Waals surface area contributed by atoms with Crippen molar-refractivity contribution in [2.24, 2.45) is 4.99 Å². The minimum absolute atomic E-state index is 0. The highest BCUT2D eigenvalue weighted by atomic mass is 127. The maximum atomic E-state index is 11.8. The number of amides is 1. The minimum atomic E-state index is 0. The molecule has 1 amide bonds. The second kappa shape index (κ2) is 15.6. The van der Waals surface area contributed by atoms with Gasteiger partial charge < -0.3 is 20.7 Å². The molecule has 0 radical (unpaired) electrons. The number of rotatable bonds is 11. The van der Waals surface area contributed by atoms with Gasteiger partial charge >= 0.3 is 0 Å². The highest BCUT2D eigenvalue weighted by molar-refractivity contribution is 14.0. The van der Waals surface area contributed by atoms with Crippen molar-refractivity contribution in [1.82, 2.24) is 10.6 Å². The van der Waals surface area contributed by atoms with Crippen molar-refractivity contribution in [3.05, 3.63) is 65.7 Å². The lowest BCUT2D eigenvalue weighted by Crippen LogP contribution is -2.37. The van der Waals surface area contributed by atoms with E-state index in [1.165, 1.54) is 5.56 Å². The molecule has 1 unspecified atom stereocenters. The van der Waals surface area contributed by atoms with Crippen molar-refractivity contribution in [3.63, 3.8) is 0 Å². The third-order valence-corrected chi connectivity index (χ3v) is 4.62. The molecule has 0 spiro atoms. The van der Waals surface area contributed by atoms with Crippen LogP contribution in [-0.2, 0) is 16.1 Å². The Bertz CT molecular complexity index is 799. The Hall–Kier alpha value is -2.13. The molecule has 6 nitrogen and oxygen atoms in total. The van der Waals surface area contributed by atoms with Crippen LogP contribution >= 0.6 is 24.0 Å². The number of carbonyl (C=O) groups is 1. The van der Waals surface area contributed by atoms with Crippen molar-refractivity contribution < 1.29 is 9.53 Å². The third-order valence-electron chi connectivity index (χ3n) is 4.62. The quantitative estimate of drug-likeness (QED) is 0.165. The van der Waals surface area contributed by atoms with Crippen LogP contribution in [0.15, 0.2) is 59.6 Å². The van der Waals surface area contributed by atoms with Crippen LogP contribution in [0.3, 0.4) is 0 Å². The molecule has 31 heavy (non-hydrogen) atoms. The number of benzene rings is 2. The molecule has 0 bridgehead atoms.